The van der Waals surface area contributed by atoms with Crippen LogP contribution in [0.3, 0.4) is 0 Å². The van der Waals surface area contributed by atoms with Gasteiger partial charge < -0.3 is 16.0 Å². The minimum Gasteiger partial charge on any atom is -0.368 e. The van der Waals surface area contributed by atoms with E-state index in [1.165, 1.54) is 6.92 Å². The van der Waals surface area contributed by atoms with E-state index in [1.807, 2.05) is 0 Å². The molecule has 1 aromatic carbocycles. The first-order valence-corrected chi connectivity index (χ1v) is 7.95. The van der Waals surface area contributed by atoms with Gasteiger partial charge in [-0.15, -0.1) is 0 Å². The molecule has 27 heavy (non-hydrogen) atoms. The molecule has 0 aliphatic rings. The van der Waals surface area contributed by atoms with Gasteiger partial charge in [0.05, 0.1) is 11.7 Å². The van der Waals surface area contributed by atoms with Crippen molar-refractivity contribution < 1.29 is 18.0 Å². The molecule has 0 radical (unpaired) electrons. The highest BCUT2D eigenvalue weighted by Gasteiger charge is 2.35. The molecule has 3 rings (SSSR count). The van der Waals surface area contributed by atoms with Crippen LogP contribution in [0.15, 0.2) is 30.6 Å². The molecule has 0 saturated heterocycles. The van der Waals surface area contributed by atoms with Crippen LogP contribution < -0.4 is 16.0 Å². The van der Waals surface area contributed by atoms with Gasteiger partial charge >= 0.3 is 6.18 Å². The van der Waals surface area contributed by atoms with Gasteiger partial charge in [0.1, 0.15) is 11.4 Å². The molecule has 142 valence electrons. The van der Waals surface area contributed by atoms with Crippen LogP contribution in [0.1, 0.15) is 12.5 Å². The molecule has 0 bridgehead atoms. The number of rotatable bonds is 6. The summed E-state index contributed by atoms with van der Waals surface area (Å²) in [6.45, 7) is 1.57. The third-order valence-electron chi connectivity index (χ3n) is 3.58. The predicted molar refractivity (Wildman–Crippen MR) is 93.6 cm³/mol. The van der Waals surface area contributed by atoms with Crippen molar-refractivity contribution in [2.75, 3.05) is 23.7 Å². The second-order valence-electron chi connectivity index (χ2n) is 5.66. The second kappa shape index (κ2) is 7.48. The van der Waals surface area contributed by atoms with E-state index in [-0.39, 0.29) is 30.8 Å². The van der Waals surface area contributed by atoms with Gasteiger partial charge in [-0.2, -0.15) is 23.3 Å². The number of nitrogens with one attached hydrogen (secondary N) is 4. The normalized spacial score (nSPS) is 11.4. The highest BCUT2D eigenvalue weighted by Crippen LogP contribution is 2.34. The topological polar surface area (TPSA) is 108 Å². The van der Waals surface area contributed by atoms with Gasteiger partial charge in [-0.05, 0) is 18.2 Å². The van der Waals surface area contributed by atoms with Crippen LogP contribution >= 0.6 is 0 Å². The molecular formula is C16H16F3N7O. The second-order valence-corrected chi connectivity index (χ2v) is 5.66. The molecule has 0 fully saturated rings. The average Bonchev–Trinajstić information content (AvgIpc) is 3.05. The molecule has 3 aromatic rings. The molecule has 0 saturated carbocycles. The van der Waals surface area contributed by atoms with Crippen molar-refractivity contribution in [1.29, 1.82) is 0 Å². The molecule has 2 heterocycles. The first kappa shape index (κ1) is 18.4. The zero-order valence-electron chi connectivity index (χ0n) is 14.2. The number of nitrogens with zero attached hydrogens (tertiary/aromatic N) is 3. The Morgan fingerprint density at radius 3 is 2.78 bits per heavy atom. The lowest BCUT2D eigenvalue weighted by atomic mass is 10.2. The number of alkyl halides is 3. The van der Waals surface area contributed by atoms with Crippen LogP contribution in [0, 0.1) is 0 Å². The summed E-state index contributed by atoms with van der Waals surface area (Å²) < 4.78 is 39.5. The Hall–Kier alpha value is -3.37. The molecule has 0 spiro atoms. The SMILES string of the molecule is CC(=O)NCCNc1nc(Nc2ccc3[nH]ncc3c2)ncc1C(F)(F)F. The maximum Gasteiger partial charge on any atom is 0.421 e. The lowest BCUT2D eigenvalue weighted by molar-refractivity contribution is -0.137. The number of anilines is 3. The van der Waals surface area contributed by atoms with Gasteiger partial charge in [-0.25, -0.2) is 4.98 Å². The number of hydrogen-bond acceptors (Lipinski definition) is 6. The molecule has 1 amide bonds. The van der Waals surface area contributed by atoms with Crippen LogP contribution in [0.4, 0.5) is 30.6 Å². The lowest BCUT2D eigenvalue weighted by Crippen LogP contribution is -2.27. The van der Waals surface area contributed by atoms with Crippen molar-refractivity contribution >= 4 is 34.3 Å². The van der Waals surface area contributed by atoms with Gasteiger partial charge in [0.2, 0.25) is 11.9 Å². The van der Waals surface area contributed by atoms with Gasteiger partial charge in [-0.3, -0.25) is 9.89 Å². The number of fused-ring (bicyclic) bond motifs is 1. The summed E-state index contributed by atoms with van der Waals surface area (Å²) in [5.41, 5.74) is 0.447. The fraction of sp³-hybridized carbons (Fsp3) is 0.250. The smallest absolute Gasteiger partial charge is 0.368 e. The van der Waals surface area contributed by atoms with E-state index in [9.17, 15) is 18.0 Å². The molecule has 4 N–H and O–H groups in total. The van der Waals surface area contributed by atoms with Crippen molar-refractivity contribution in [2.45, 2.75) is 13.1 Å². The quantitative estimate of drug-likeness (QED) is 0.491. The number of H-pyrrole nitrogens is 1. The predicted octanol–water partition coefficient (Wildman–Crippen LogP) is 2.66. The third kappa shape index (κ3) is 4.63. The number of benzene rings is 1. The largest absolute Gasteiger partial charge is 0.421 e. The fourth-order valence-corrected chi connectivity index (χ4v) is 2.35. The van der Waals surface area contributed by atoms with Crippen molar-refractivity contribution in [1.82, 2.24) is 25.5 Å². The Kier molecular flexibility index (Phi) is 5.10. The van der Waals surface area contributed by atoms with Gasteiger partial charge in [-0.1, -0.05) is 0 Å². The van der Waals surface area contributed by atoms with Crippen molar-refractivity contribution in [2.24, 2.45) is 0 Å². The van der Waals surface area contributed by atoms with E-state index in [4.69, 9.17) is 0 Å². The number of aromatic nitrogens is 4. The van der Waals surface area contributed by atoms with Gasteiger partial charge in [0.15, 0.2) is 0 Å². The Morgan fingerprint density at radius 2 is 2.04 bits per heavy atom. The number of hydrogen-bond donors (Lipinski definition) is 4. The van der Waals surface area contributed by atoms with Crippen LogP contribution in [0.2, 0.25) is 0 Å². The molecule has 0 unspecified atom stereocenters. The van der Waals surface area contributed by atoms with Crippen molar-refractivity contribution in [3.8, 4) is 0 Å². The maximum absolute atomic E-state index is 13.2. The number of aromatic amines is 1. The van der Waals surface area contributed by atoms with Crippen molar-refractivity contribution in [3.63, 3.8) is 0 Å². The summed E-state index contributed by atoms with van der Waals surface area (Å²) in [5.74, 6) is -0.629. The van der Waals surface area contributed by atoms with E-state index >= 15 is 0 Å². The van der Waals surface area contributed by atoms with E-state index in [2.05, 4.69) is 36.1 Å². The number of amides is 1. The molecule has 0 atom stereocenters. The zero-order valence-corrected chi connectivity index (χ0v) is 14.2. The molecule has 0 aliphatic heterocycles. The van der Waals surface area contributed by atoms with Crippen LogP contribution in [0.5, 0.6) is 0 Å². The van der Waals surface area contributed by atoms with Crippen LogP contribution in [-0.2, 0) is 11.0 Å². The molecule has 11 heteroatoms. The summed E-state index contributed by atoms with van der Waals surface area (Å²) in [6.07, 6.45) is -2.26. The summed E-state index contributed by atoms with van der Waals surface area (Å²) >= 11 is 0. The Bertz CT molecular complexity index is 955. The first-order valence-electron chi connectivity index (χ1n) is 7.95. The van der Waals surface area contributed by atoms with E-state index in [0.29, 0.717) is 11.9 Å². The first-order chi connectivity index (χ1) is 12.8. The standard InChI is InChI=1S/C16H16F3N7O/c1-9(27)20-4-5-21-14-12(16(17,18)19)8-22-15(25-14)24-11-2-3-13-10(6-11)7-23-26-13/h2-3,6-8H,4-5H2,1H3,(H,20,27)(H,23,26)(H2,21,22,24,25). The number of carbonyl (C=O) groups is 1. The maximum atomic E-state index is 13.2. The van der Waals surface area contributed by atoms with E-state index in [0.717, 1.165) is 10.9 Å². The lowest BCUT2D eigenvalue weighted by Gasteiger charge is -2.15. The molecule has 8 nitrogen and oxygen atoms in total. The molecule has 0 aliphatic carbocycles. The fourth-order valence-electron chi connectivity index (χ4n) is 2.35. The minimum absolute atomic E-state index is 0.00729. The van der Waals surface area contributed by atoms with Crippen LogP contribution in [-0.4, -0.2) is 39.2 Å². The molecular weight excluding hydrogens is 363 g/mol. The highest BCUT2D eigenvalue weighted by molar-refractivity contribution is 5.82. The van der Waals surface area contributed by atoms with Crippen molar-refractivity contribution in [3.05, 3.63) is 36.2 Å². The monoisotopic (exact) mass is 379 g/mol. The Morgan fingerprint density at radius 1 is 1.22 bits per heavy atom. The number of halogens is 3. The summed E-state index contributed by atoms with van der Waals surface area (Å²) in [4.78, 5) is 18.5. The Labute approximate surface area is 151 Å². The summed E-state index contributed by atoms with van der Waals surface area (Å²) in [7, 11) is 0. The van der Waals surface area contributed by atoms with Gasteiger partial charge in [0, 0.05) is 37.3 Å². The van der Waals surface area contributed by atoms with Crippen LogP contribution in [0.25, 0.3) is 10.9 Å². The zero-order chi connectivity index (χ0) is 19.4. The summed E-state index contributed by atoms with van der Waals surface area (Å²) in [5, 5.41) is 15.5. The highest BCUT2D eigenvalue weighted by atomic mass is 19.4. The van der Waals surface area contributed by atoms with Gasteiger partial charge in [0.25, 0.3) is 0 Å². The minimum atomic E-state index is -4.61. The number of carbonyl (C=O) groups excluding carboxylic acids is 1. The third-order valence-corrected chi connectivity index (χ3v) is 3.58. The van der Waals surface area contributed by atoms with E-state index in [1.54, 1.807) is 24.4 Å². The average molecular weight is 379 g/mol. The Balaban J connectivity index is 1.80. The molecule has 2 aromatic heterocycles. The van der Waals surface area contributed by atoms with E-state index < -0.39 is 11.7 Å². The summed E-state index contributed by atoms with van der Waals surface area (Å²) in [6, 6.07) is 5.27.